The molecule has 0 radical (unpaired) electrons. The fourth-order valence-electron chi connectivity index (χ4n) is 5.52. The van der Waals surface area contributed by atoms with Crippen LogP contribution in [0.15, 0.2) is 60.7 Å². The Balaban J connectivity index is 0.000000661. The van der Waals surface area contributed by atoms with Crippen LogP contribution in [0, 0.1) is 116 Å². The van der Waals surface area contributed by atoms with Crippen molar-refractivity contribution in [3.05, 3.63) is 177 Å². The van der Waals surface area contributed by atoms with Crippen LogP contribution in [0.3, 0.4) is 0 Å². The van der Waals surface area contributed by atoms with Gasteiger partial charge >= 0.3 is 17.1 Å². The molecule has 22 heteroatoms. The van der Waals surface area contributed by atoms with E-state index in [2.05, 4.69) is 0 Å². The van der Waals surface area contributed by atoms with Crippen molar-refractivity contribution in [1.29, 1.82) is 0 Å². The number of hydrogen-bond acceptors (Lipinski definition) is 0. The van der Waals surface area contributed by atoms with Crippen LogP contribution in [0.2, 0.25) is 0 Å². The summed E-state index contributed by atoms with van der Waals surface area (Å²) in [5, 5.41) is 0. The average Bonchev–Trinajstić information content (AvgIpc) is 3.96. The largest absolute Gasteiger partial charge is 2.00 e. The van der Waals surface area contributed by atoms with E-state index in [1.807, 2.05) is 60.7 Å². The quantitative estimate of drug-likeness (QED) is 0.0548. The summed E-state index contributed by atoms with van der Waals surface area (Å²) < 4.78 is 294. The molecule has 0 saturated heterocycles. The van der Waals surface area contributed by atoms with E-state index >= 15 is 35.1 Å². The minimum atomic E-state index is -7.22. The first-order valence-electron chi connectivity index (χ1n) is 14.3. The maximum absolute atomic E-state index is 15.4. The Kier molecular flexibility index (Phi) is 13.9. The predicted molar refractivity (Wildman–Crippen MR) is 153 cm³/mol. The van der Waals surface area contributed by atoms with Gasteiger partial charge in [0.15, 0.2) is 69.8 Å². The van der Waals surface area contributed by atoms with Crippen molar-refractivity contribution >= 4 is 28.0 Å². The van der Waals surface area contributed by atoms with Crippen LogP contribution in [0.4, 0.5) is 87.8 Å². The number of rotatable bonds is 4. The van der Waals surface area contributed by atoms with Gasteiger partial charge in [-0.3, -0.25) is 0 Å². The molecule has 0 bridgehead atoms. The van der Waals surface area contributed by atoms with Crippen molar-refractivity contribution in [2.75, 3.05) is 0 Å². The van der Waals surface area contributed by atoms with E-state index in [9.17, 15) is 52.7 Å². The monoisotopic (exact) mass is 865 g/mol. The molecule has 0 unspecified atom stereocenters. The molecule has 0 saturated carbocycles. The minimum absolute atomic E-state index is 0. The molecule has 0 aliphatic heterocycles. The molecule has 0 amide bonds. The van der Waals surface area contributed by atoms with Gasteiger partial charge in [-0.1, -0.05) is 0 Å². The first-order chi connectivity index (χ1) is 25.7. The molecule has 6 aromatic rings. The van der Waals surface area contributed by atoms with E-state index < -0.39 is 144 Å². The number of benzene rings is 4. The smallest absolute Gasteiger partial charge is 0.214 e. The third-order valence-electron chi connectivity index (χ3n) is 7.82. The van der Waals surface area contributed by atoms with Crippen LogP contribution in [-0.2, 0) is 17.1 Å². The molecule has 0 aromatic heterocycles. The molecule has 6 rings (SSSR count). The van der Waals surface area contributed by atoms with Crippen molar-refractivity contribution in [2.45, 2.75) is 0 Å². The van der Waals surface area contributed by atoms with Crippen molar-refractivity contribution in [3.8, 4) is 0 Å². The Morgan fingerprint density at radius 1 is 0.232 bits per heavy atom. The summed E-state index contributed by atoms with van der Waals surface area (Å²) in [4.78, 5) is 0. The first kappa shape index (κ1) is 45.2. The summed E-state index contributed by atoms with van der Waals surface area (Å²) in [5.74, 6) is -71.4. The molecule has 0 aliphatic carbocycles. The van der Waals surface area contributed by atoms with E-state index in [4.69, 9.17) is 0 Å². The molecule has 0 atom stereocenters. The SMILES string of the molecule is Fc1c(F)c(F)c([B-](c2c(F)c(F)c(F)c(F)c2F)(c2c(F)c(F)c(F)c(F)c2F)c2c(F)c(F)c(F)c(F)c2F)c(F)c1F.[Fe+2].c1cc[cH-]c1.c1cc[cH-]c1. The van der Waals surface area contributed by atoms with Gasteiger partial charge in [-0.15, -0.1) is 21.9 Å². The predicted octanol–water partition coefficient (Wildman–Crippen LogP) is 8.65. The maximum Gasteiger partial charge on any atom is 2.00 e. The molecular weight excluding hydrogens is 855 g/mol. The standard InChI is InChI=1S/C24BF20.2C5H5.Fe/c26-5-1(6(27)14(35)21(42)13(5)34)25(2-7(28)15(36)22(43)16(37)8(2)29,3-9(30)17(38)23(44)18(39)10(3)31)4-11(32)19(40)24(45)20(41)12(4)33;2*1-2-4-5-3-1;/h;2*1-5H;/q3*-1;+2. The van der Waals surface area contributed by atoms with Crippen molar-refractivity contribution < 1.29 is 105 Å². The van der Waals surface area contributed by atoms with E-state index in [0.29, 0.717) is 0 Å². The van der Waals surface area contributed by atoms with E-state index in [-0.39, 0.29) is 17.1 Å². The zero-order valence-electron chi connectivity index (χ0n) is 26.3. The molecule has 298 valence electrons. The molecule has 6 aromatic carbocycles. The summed E-state index contributed by atoms with van der Waals surface area (Å²) in [6, 6.07) is 20.0. The summed E-state index contributed by atoms with van der Waals surface area (Å²) in [7, 11) is 0. The second-order valence-electron chi connectivity index (χ2n) is 10.7. The summed E-state index contributed by atoms with van der Waals surface area (Å²) in [5.41, 5.74) is -14.3. The van der Waals surface area contributed by atoms with E-state index in [1.165, 1.54) is 0 Å². The molecule has 56 heavy (non-hydrogen) atoms. The van der Waals surface area contributed by atoms with Crippen LogP contribution < -0.4 is 21.9 Å². The molecule has 0 spiro atoms. The van der Waals surface area contributed by atoms with Crippen LogP contribution in [-0.4, -0.2) is 6.15 Å². The van der Waals surface area contributed by atoms with Gasteiger partial charge in [0, 0.05) is 0 Å². The first-order valence-corrected chi connectivity index (χ1v) is 14.3. The second kappa shape index (κ2) is 17.3. The molecule has 0 aliphatic rings. The average molecular weight is 865 g/mol. The molecule has 0 fully saturated rings. The zero-order valence-corrected chi connectivity index (χ0v) is 27.4. The normalized spacial score (nSPS) is 11.1. The molecule has 0 nitrogen and oxygen atoms in total. The third kappa shape index (κ3) is 7.15. The summed E-state index contributed by atoms with van der Waals surface area (Å²) in [6.45, 7) is 0. The van der Waals surface area contributed by atoms with Gasteiger partial charge in [0.1, 0.15) is 52.7 Å². The molecular formula is C34H10BF20Fe-. The molecule has 0 heterocycles. The third-order valence-corrected chi connectivity index (χ3v) is 7.82. The fourth-order valence-corrected chi connectivity index (χ4v) is 5.52. The number of hydrogen-bond donors (Lipinski definition) is 0. The summed E-state index contributed by atoms with van der Waals surface area (Å²) >= 11 is 0. The molecule has 0 N–H and O–H groups in total. The van der Waals surface area contributed by atoms with Gasteiger partial charge in [-0.25, -0.2) is 112 Å². The fraction of sp³-hybridized carbons (Fsp3) is 0. The Morgan fingerprint density at radius 3 is 0.464 bits per heavy atom. The van der Waals surface area contributed by atoms with Crippen molar-refractivity contribution in [3.63, 3.8) is 0 Å². The van der Waals surface area contributed by atoms with Gasteiger partial charge in [0.05, 0.1) is 0 Å². The topological polar surface area (TPSA) is 0 Å². The van der Waals surface area contributed by atoms with Gasteiger partial charge in [0.25, 0.3) is 0 Å². The maximum atomic E-state index is 15.4. The second-order valence-corrected chi connectivity index (χ2v) is 10.7. The van der Waals surface area contributed by atoms with Crippen LogP contribution in [0.25, 0.3) is 0 Å². The van der Waals surface area contributed by atoms with Gasteiger partial charge in [-0.05, 0) is 0 Å². The van der Waals surface area contributed by atoms with Crippen molar-refractivity contribution in [2.24, 2.45) is 0 Å². The Hall–Kier alpha value is -5.24. The Morgan fingerprint density at radius 2 is 0.357 bits per heavy atom. The number of halogens is 20. The van der Waals surface area contributed by atoms with Gasteiger partial charge in [-0.2, -0.15) is 36.4 Å². The van der Waals surface area contributed by atoms with Crippen LogP contribution >= 0.6 is 0 Å². The minimum Gasteiger partial charge on any atom is -0.214 e. The van der Waals surface area contributed by atoms with Gasteiger partial charge in [0.2, 0.25) is 0 Å². The van der Waals surface area contributed by atoms with Gasteiger partial charge < -0.3 is 0 Å². The van der Waals surface area contributed by atoms with Crippen molar-refractivity contribution in [1.82, 2.24) is 0 Å². The van der Waals surface area contributed by atoms with E-state index in [0.717, 1.165) is 0 Å². The summed E-state index contributed by atoms with van der Waals surface area (Å²) in [6.07, 6.45) is -7.22. The Bertz CT molecular complexity index is 1930. The van der Waals surface area contributed by atoms with E-state index in [1.54, 1.807) is 0 Å². The van der Waals surface area contributed by atoms with Crippen LogP contribution in [0.5, 0.6) is 0 Å². The van der Waals surface area contributed by atoms with Crippen LogP contribution in [0.1, 0.15) is 0 Å². The Labute approximate surface area is 309 Å². The zero-order chi connectivity index (χ0) is 41.4.